The third-order valence-electron chi connectivity index (χ3n) is 4.95. The van der Waals surface area contributed by atoms with Crippen molar-refractivity contribution < 1.29 is 19.1 Å². The summed E-state index contributed by atoms with van der Waals surface area (Å²) in [5.74, 6) is -2.06. The number of aromatic nitrogens is 1. The first-order valence-electron chi connectivity index (χ1n) is 8.99. The lowest BCUT2D eigenvalue weighted by atomic mass is 10.0. The number of nitrogens with one attached hydrogen (secondary N) is 1. The van der Waals surface area contributed by atoms with E-state index in [0.29, 0.717) is 11.3 Å². The lowest BCUT2D eigenvalue weighted by molar-refractivity contribution is -0.149. The minimum atomic E-state index is -2.18. The Morgan fingerprint density at radius 3 is 2.90 bits per heavy atom. The number of hydrogen-bond donors (Lipinski definition) is 2. The van der Waals surface area contributed by atoms with E-state index in [1.807, 2.05) is 6.07 Å². The molecule has 0 unspecified atom stereocenters. The van der Waals surface area contributed by atoms with E-state index in [4.69, 9.17) is 11.6 Å². The van der Waals surface area contributed by atoms with Crippen molar-refractivity contribution in [3.63, 3.8) is 0 Å². The lowest BCUT2D eigenvalue weighted by Gasteiger charge is -2.22. The zero-order chi connectivity index (χ0) is 20.6. The number of benzene rings is 2. The van der Waals surface area contributed by atoms with Gasteiger partial charge in [-0.2, -0.15) is 0 Å². The maximum atomic E-state index is 13.4. The predicted molar refractivity (Wildman–Crippen MR) is 107 cm³/mol. The van der Waals surface area contributed by atoms with Gasteiger partial charge in [0.15, 0.2) is 0 Å². The van der Waals surface area contributed by atoms with Crippen molar-refractivity contribution >= 4 is 40.0 Å². The second-order valence-corrected chi connectivity index (χ2v) is 7.34. The Morgan fingerprint density at radius 1 is 1.28 bits per heavy atom. The van der Waals surface area contributed by atoms with E-state index in [9.17, 15) is 19.1 Å². The number of aliphatic hydroxyl groups is 1. The minimum absolute atomic E-state index is 0.0490. The SMILES string of the molecule is O=C(NCc1cc(F)cc(Cl)c1)[C@@]1(O)CCN(c2ccc3ncccc3c2)C1=O. The number of carbonyl (C=O) groups excluding carboxylic acids is 2. The van der Waals surface area contributed by atoms with Crippen LogP contribution < -0.4 is 10.2 Å². The van der Waals surface area contributed by atoms with Crippen molar-refractivity contribution in [2.75, 3.05) is 11.4 Å². The molecule has 0 bridgehead atoms. The highest BCUT2D eigenvalue weighted by Gasteiger charge is 2.51. The highest BCUT2D eigenvalue weighted by atomic mass is 35.5. The number of halogens is 2. The van der Waals surface area contributed by atoms with E-state index in [2.05, 4.69) is 10.3 Å². The zero-order valence-electron chi connectivity index (χ0n) is 15.2. The fraction of sp³-hybridized carbons (Fsp3) is 0.190. The first-order chi connectivity index (χ1) is 13.9. The Kier molecular flexibility index (Phi) is 4.94. The highest BCUT2D eigenvalue weighted by molar-refractivity contribution is 6.30. The summed E-state index contributed by atoms with van der Waals surface area (Å²) in [6.07, 6.45) is 1.63. The maximum absolute atomic E-state index is 13.4. The monoisotopic (exact) mass is 413 g/mol. The van der Waals surface area contributed by atoms with Gasteiger partial charge in [0.1, 0.15) is 5.82 Å². The highest BCUT2D eigenvalue weighted by Crippen LogP contribution is 2.30. The van der Waals surface area contributed by atoms with Crippen LogP contribution in [-0.2, 0) is 16.1 Å². The average Bonchev–Trinajstić information content (AvgIpc) is 3.01. The molecule has 3 aromatic rings. The normalized spacial score (nSPS) is 19.0. The molecule has 0 spiro atoms. The summed E-state index contributed by atoms with van der Waals surface area (Å²) < 4.78 is 13.4. The van der Waals surface area contributed by atoms with Gasteiger partial charge in [-0.15, -0.1) is 0 Å². The molecule has 148 valence electrons. The topological polar surface area (TPSA) is 82.5 Å². The summed E-state index contributed by atoms with van der Waals surface area (Å²) in [6.45, 7) is 0.133. The van der Waals surface area contributed by atoms with Crippen LogP contribution in [0.2, 0.25) is 5.02 Å². The standard InChI is InChI=1S/C21H17ClFN3O3/c22-15-8-13(9-16(23)11-15)12-25-19(27)21(29)5-7-26(20(21)28)17-3-4-18-14(10-17)2-1-6-24-18/h1-4,6,8-11,29H,5,7,12H2,(H,25,27)/t21-/m0/s1. The molecule has 29 heavy (non-hydrogen) atoms. The average molecular weight is 414 g/mol. The molecule has 2 aromatic carbocycles. The molecule has 4 rings (SSSR count). The van der Waals surface area contributed by atoms with Crippen LogP contribution in [0.25, 0.3) is 10.9 Å². The van der Waals surface area contributed by atoms with Gasteiger partial charge in [-0.25, -0.2) is 4.39 Å². The van der Waals surface area contributed by atoms with Gasteiger partial charge in [-0.05, 0) is 48.0 Å². The lowest BCUT2D eigenvalue weighted by Crippen LogP contribution is -2.52. The largest absolute Gasteiger partial charge is 0.372 e. The van der Waals surface area contributed by atoms with Gasteiger partial charge in [0.05, 0.1) is 5.52 Å². The van der Waals surface area contributed by atoms with E-state index in [0.717, 1.165) is 17.0 Å². The summed E-state index contributed by atoms with van der Waals surface area (Å²) in [5.41, 5.74) is -0.391. The molecule has 0 aliphatic carbocycles. The molecule has 2 amide bonds. The van der Waals surface area contributed by atoms with Crippen molar-refractivity contribution in [2.45, 2.75) is 18.6 Å². The van der Waals surface area contributed by atoms with E-state index in [1.54, 1.807) is 30.5 Å². The number of nitrogens with zero attached hydrogens (tertiary/aromatic N) is 2. The van der Waals surface area contributed by atoms with Crippen LogP contribution in [0.1, 0.15) is 12.0 Å². The van der Waals surface area contributed by atoms with Crippen LogP contribution in [0.3, 0.4) is 0 Å². The van der Waals surface area contributed by atoms with Gasteiger partial charge in [-0.3, -0.25) is 14.6 Å². The molecule has 6 nitrogen and oxygen atoms in total. The molecule has 1 atom stereocenters. The Balaban J connectivity index is 1.50. The van der Waals surface area contributed by atoms with Gasteiger partial charge in [0.25, 0.3) is 11.8 Å². The molecule has 2 N–H and O–H groups in total. The number of carbonyl (C=O) groups is 2. The Morgan fingerprint density at radius 2 is 2.10 bits per heavy atom. The molecule has 2 heterocycles. The van der Waals surface area contributed by atoms with Crippen molar-refractivity contribution in [2.24, 2.45) is 0 Å². The number of amides is 2. The Hall–Kier alpha value is -3.03. The molecule has 1 aliphatic heterocycles. The number of anilines is 1. The van der Waals surface area contributed by atoms with Crippen molar-refractivity contribution in [3.8, 4) is 0 Å². The molecule has 0 radical (unpaired) electrons. The number of hydrogen-bond acceptors (Lipinski definition) is 4. The molecule has 8 heteroatoms. The van der Waals surface area contributed by atoms with E-state index in [-0.39, 0.29) is 24.5 Å². The first-order valence-corrected chi connectivity index (χ1v) is 9.37. The maximum Gasteiger partial charge on any atom is 0.268 e. The number of pyridine rings is 1. The fourth-order valence-electron chi connectivity index (χ4n) is 3.43. The van der Waals surface area contributed by atoms with Crippen LogP contribution in [0.5, 0.6) is 0 Å². The molecule has 0 saturated carbocycles. The summed E-state index contributed by atoms with van der Waals surface area (Å²) in [4.78, 5) is 31.0. The Bertz CT molecular complexity index is 1100. The van der Waals surface area contributed by atoms with Crippen LogP contribution in [0.15, 0.2) is 54.7 Å². The first kappa shape index (κ1) is 19.3. The van der Waals surface area contributed by atoms with Crippen LogP contribution in [-0.4, -0.2) is 34.1 Å². The summed E-state index contributed by atoms with van der Waals surface area (Å²) in [5, 5.41) is 14.3. The van der Waals surface area contributed by atoms with Gasteiger partial charge in [0.2, 0.25) is 5.60 Å². The van der Waals surface area contributed by atoms with E-state index < -0.39 is 23.2 Å². The smallest absolute Gasteiger partial charge is 0.268 e. The van der Waals surface area contributed by atoms with E-state index in [1.165, 1.54) is 17.0 Å². The van der Waals surface area contributed by atoms with Crippen LogP contribution >= 0.6 is 11.6 Å². The summed E-state index contributed by atoms with van der Waals surface area (Å²) in [7, 11) is 0. The van der Waals surface area contributed by atoms with Crippen molar-refractivity contribution in [1.82, 2.24) is 10.3 Å². The van der Waals surface area contributed by atoms with Gasteiger partial charge in [-0.1, -0.05) is 17.7 Å². The minimum Gasteiger partial charge on any atom is -0.372 e. The van der Waals surface area contributed by atoms with Crippen molar-refractivity contribution in [1.29, 1.82) is 0 Å². The quantitative estimate of drug-likeness (QED) is 0.644. The molecular formula is C21H17ClFN3O3. The van der Waals surface area contributed by atoms with Crippen LogP contribution in [0, 0.1) is 5.82 Å². The summed E-state index contributed by atoms with van der Waals surface area (Å²) in [6, 6.07) is 12.8. The Labute approximate surface area is 170 Å². The molecule has 1 saturated heterocycles. The zero-order valence-corrected chi connectivity index (χ0v) is 16.0. The van der Waals surface area contributed by atoms with Gasteiger partial charge < -0.3 is 15.3 Å². The second kappa shape index (κ2) is 7.42. The fourth-order valence-corrected chi connectivity index (χ4v) is 3.68. The van der Waals surface area contributed by atoms with Gasteiger partial charge >= 0.3 is 0 Å². The van der Waals surface area contributed by atoms with Crippen LogP contribution in [0.4, 0.5) is 10.1 Å². The molecular weight excluding hydrogens is 397 g/mol. The third kappa shape index (κ3) is 3.66. The number of rotatable bonds is 4. The van der Waals surface area contributed by atoms with Gasteiger partial charge in [0, 0.05) is 41.8 Å². The van der Waals surface area contributed by atoms with E-state index >= 15 is 0 Å². The second-order valence-electron chi connectivity index (χ2n) is 6.91. The summed E-state index contributed by atoms with van der Waals surface area (Å²) >= 11 is 5.80. The molecule has 1 aliphatic rings. The van der Waals surface area contributed by atoms with Crippen molar-refractivity contribution in [3.05, 3.63) is 71.1 Å². The predicted octanol–water partition coefficient (Wildman–Crippen LogP) is 2.81. The number of fused-ring (bicyclic) bond motifs is 1. The molecule has 1 aromatic heterocycles. The third-order valence-corrected chi connectivity index (χ3v) is 5.16. The molecule has 1 fully saturated rings.